The second kappa shape index (κ2) is 4.21. The van der Waals surface area contributed by atoms with E-state index in [-0.39, 0.29) is 23.8 Å². The van der Waals surface area contributed by atoms with Crippen LogP contribution in [-0.4, -0.2) is 10.1 Å². The molecule has 0 radical (unpaired) electrons. The van der Waals surface area contributed by atoms with Crippen molar-refractivity contribution in [2.24, 2.45) is 0 Å². The molecule has 0 fully saturated rings. The van der Waals surface area contributed by atoms with Gasteiger partial charge in [-0.2, -0.15) is 13.2 Å². The molecule has 0 aliphatic carbocycles. The second-order valence-corrected chi connectivity index (χ2v) is 3.35. The van der Waals surface area contributed by atoms with Crippen LogP contribution in [0.2, 0.25) is 0 Å². The van der Waals surface area contributed by atoms with Gasteiger partial charge in [-0.05, 0) is 12.1 Å². The molecule has 0 saturated heterocycles. The quantitative estimate of drug-likeness (QED) is 0.882. The molecule has 0 saturated carbocycles. The maximum atomic E-state index is 12.7. The Hall–Kier alpha value is -1.82. The fraction of sp³-hybridized carbons (Fsp3) is 0.182. The van der Waals surface area contributed by atoms with Gasteiger partial charge in [0.25, 0.3) is 0 Å². The molecule has 0 bridgehead atoms. The summed E-state index contributed by atoms with van der Waals surface area (Å²) >= 11 is 0. The van der Waals surface area contributed by atoms with E-state index in [1.54, 1.807) is 0 Å². The van der Waals surface area contributed by atoms with E-state index in [2.05, 4.69) is 4.98 Å². The Morgan fingerprint density at radius 1 is 1.24 bits per heavy atom. The van der Waals surface area contributed by atoms with Crippen molar-refractivity contribution in [2.45, 2.75) is 12.8 Å². The number of hydrogen-bond acceptors (Lipinski definition) is 3. The van der Waals surface area contributed by atoms with Gasteiger partial charge in [0.05, 0.1) is 12.2 Å². The Balaban J connectivity index is 2.52. The molecule has 90 valence electrons. The Kier molecular flexibility index (Phi) is 2.89. The van der Waals surface area contributed by atoms with E-state index in [4.69, 9.17) is 9.52 Å². The summed E-state index contributed by atoms with van der Waals surface area (Å²) in [7, 11) is 0. The normalized spacial score (nSPS) is 11.8. The second-order valence-electron chi connectivity index (χ2n) is 3.35. The monoisotopic (exact) mass is 243 g/mol. The molecular formula is C11H8F3NO2. The minimum Gasteiger partial charge on any atom is -0.444 e. The van der Waals surface area contributed by atoms with Crippen molar-refractivity contribution in [1.82, 2.24) is 4.98 Å². The molecule has 2 rings (SSSR count). The zero-order valence-corrected chi connectivity index (χ0v) is 8.53. The number of aliphatic hydroxyl groups excluding tert-OH is 1. The highest BCUT2D eigenvalue weighted by Gasteiger charge is 2.34. The van der Waals surface area contributed by atoms with Crippen molar-refractivity contribution in [2.75, 3.05) is 0 Å². The summed E-state index contributed by atoms with van der Waals surface area (Å²) in [6.45, 7) is -0.377. The average molecular weight is 243 g/mol. The molecule has 0 spiro atoms. The van der Waals surface area contributed by atoms with E-state index < -0.39 is 11.7 Å². The maximum Gasteiger partial charge on any atom is 0.417 e. The highest BCUT2D eigenvalue weighted by Crippen LogP contribution is 2.36. The average Bonchev–Trinajstić information content (AvgIpc) is 2.76. The van der Waals surface area contributed by atoms with Crippen LogP contribution in [0.5, 0.6) is 0 Å². The van der Waals surface area contributed by atoms with Crippen molar-refractivity contribution in [3.05, 3.63) is 41.8 Å². The minimum absolute atomic E-state index is 0.139. The highest BCUT2D eigenvalue weighted by atomic mass is 19.4. The SMILES string of the molecule is OCc1coc(-c2ccccc2C(F)(F)F)n1. The largest absolute Gasteiger partial charge is 0.444 e. The summed E-state index contributed by atoms with van der Waals surface area (Å²) < 4.78 is 43.0. The van der Waals surface area contributed by atoms with Crippen LogP contribution in [0, 0.1) is 0 Å². The van der Waals surface area contributed by atoms with Gasteiger partial charge in [-0.3, -0.25) is 0 Å². The summed E-state index contributed by atoms with van der Waals surface area (Å²) in [5, 5.41) is 8.78. The van der Waals surface area contributed by atoms with E-state index in [1.165, 1.54) is 18.2 Å². The van der Waals surface area contributed by atoms with Crippen LogP contribution in [-0.2, 0) is 12.8 Å². The van der Waals surface area contributed by atoms with Gasteiger partial charge in [-0.25, -0.2) is 4.98 Å². The van der Waals surface area contributed by atoms with Crippen molar-refractivity contribution in [3.63, 3.8) is 0 Å². The van der Waals surface area contributed by atoms with E-state index in [0.29, 0.717) is 0 Å². The Morgan fingerprint density at radius 3 is 2.53 bits per heavy atom. The summed E-state index contributed by atoms with van der Waals surface area (Å²) in [6, 6.07) is 4.99. The van der Waals surface area contributed by atoms with Gasteiger partial charge in [0.15, 0.2) is 0 Å². The maximum absolute atomic E-state index is 12.7. The van der Waals surface area contributed by atoms with Crippen LogP contribution < -0.4 is 0 Å². The van der Waals surface area contributed by atoms with E-state index >= 15 is 0 Å². The van der Waals surface area contributed by atoms with Gasteiger partial charge in [-0.1, -0.05) is 12.1 Å². The first-order valence-electron chi connectivity index (χ1n) is 4.74. The molecule has 6 heteroatoms. The molecule has 0 aliphatic rings. The predicted molar refractivity (Wildman–Crippen MR) is 52.9 cm³/mol. The summed E-state index contributed by atoms with van der Waals surface area (Å²) in [4.78, 5) is 3.76. The third kappa shape index (κ3) is 2.31. The number of oxazole rings is 1. The third-order valence-electron chi connectivity index (χ3n) is 2.18. The molecular weight excluding hydrogens is 235 g/mol. The summed E-state index contributed by atoms with van der Waals surface area (Å²) in [5.41, 5.74) is -0.761. The van der Waals surface area contributed by atoms with Crippen LogP contribution in [0.15, 0.2) is 34.9 Å². The molecule has 0 aliphatic heterocycles. The number of hydrogen-bond donors (Lipinski definition) is 1. The standard InChI is InChI=1S/C11H8F3NO2/c12-11(13,14)9-4-2-1-3-8(9)10-15-7(5-16)6-17-10/h1-4,6,16H,5H2. The smallest absolute Gasteiger partial charge is 0.417 e. The first-order chi connectivity index (χ1) is 8.02. The molecule has 1 N–H and O–H groups in total. The molecule has 0 unspecified atom stereocenters. The van der Waals surface area contributed by atoms with Crippen LogP contribution >= 0.6 is 0 Å². The van der Waals surface area contributed by atoms with Gasteiger partial charge >= 0.3 is 6.18 Å². The molecule has 3 nitrogen and oxygen atoms in total. The number of halogens is 3. The van der Waals surface area contributed by atoms with E-state index in [1.807, 2.05) is 0 Å². The third-order valence-corrected chi connectivity index (χ3v) is 2.18. The lowest BCUT2D eigenvalue weighted by Gasteiger charge is -2.09. The van der Waals surface area contributed by atoms with Crippen LogP contribution in [0.1, 0.15) is 11.3 Å². The summed E-state index contributed by atoms with van der Waals surface area (Å²) in [5.74, 6) is -0.151. The van der Waals surface area contributed by atoms with Crippen LogP contribution in [0.3, 0.4) is 0 Å². The predicted octanol–water partition coefficient (Wildman–Crippen LogP) is 2.85. The van der Waals surface area contributed by atoms with Crippen LogP contribution in [0.25, 0.3) is 11.5 Å². The molecule has 2 aromatic rings. The molecule has 0 atom stereocenters. The Labute approximate surface area is 94.5 Å². The molecule has 0 amide bonds. The number of benzene rings is 1. The van der Waals surface area contributed by atoms with Crippen molar-refractivity contribution < 1.29 is 22.7 Å². The molecule has 1 heterocycles. The lowest BCUT2D eigenvalue weighted by molar-refractivity contribution is -0.137. The van der Waals surface area contributed by atoms with Gasteiger partial charge in [0.2, 0.25) is 5.89 Å². The zero-order valence-electron chi connectivity index (χ0n) is 8.53. The first kappa shape index (κ1) is 11.7. The number of aliphatic hydroxyl groups is 1. The summed E-state index contributed by atoms with van der Waals surface area (Å²) in [6.07, 6.45) is -3.34. The highest BCUT2D eigenvalue weighted by molar-refractivity contribution is 5.59. The topological polar surface area (TPSA) is 46.3 Å². The minimum atomic E-state index is -4.47. The number of alkyl halides is 3. The molecule has 1 aromatic heterocycles. The lowest BCUT2D eigenvalue weighted by Crippen LogP contribution is -2.06. The number of aromatic nitrogens is 1. The lowest BCUT2D eigenvalue weighted by atomic mass is 10.1. The van der Waals surface area contributed by atoms with Gasteiger partial charge in [0.1, 0.15) is 12.0 Å². The first-order valence-corrected chi connectivity index (χ1v) is 4.74. The van der Waals surface area contributed by atoms with Crippen molar-refractivity contribution in [3.8, 4) is 11.5 Å². The van der Waals surface area contributed by atoms with Crippen molar-refractivity contribution in [1.29, 1.82) is 0 Å². The fourth-order valence-corrected chi connectivity index (χ4v) is 1.42. The van der Waals surface area contributed by atoms with E-state index in [9.17, 15) is 13.2 Å². The van der Waals surface area contributed by atoms with Crippen LogP contribution in [0.4, 0.5) is 13.2 Å². The Bertz CT molecular complexity index is 519. The number of nitrogens with zero attached hydrogens (tertiary/aromatic N) is 1. The van der Waals surface area contributed by atoms with Crippen molar-refractivity contribution >= 4 is 0 Å². The molecule has 1 aromatic carbocycles. The zero-order chi connectivity index (χ0) is 12.5. The van der Waals surface area contributed by atoms with Gasteiger partial charge in [-0.15, -0.1) is 0 Å². The molecule has 17 heavy (non-hydrogen) atoms. The fourth-order valence-electron chi connectivity index (χ4n) is 1.42. The number of rotatable bonds is 2. The van der Waals surface area contributed by atoms with Gasteiger partial charge < -0.3 is 9.52 Å². The van der Waals surface area contributed by atoms with Gasteiger partial charge in [0, 0.05) is 5.56 Å². The Morgan fingerprint density at radius 2 is 1.94 bits per heavy atom. The van der Waals surface area contributed by atoms with E-state index in [0.717, 1.165) is 12.3 Å².